The van der Waals surface area contributed by atoms with E-state index in [1.54, 1.807) is 32.2 Å². The first-order valence-electron chi connectivity index (χ1n) is 8.71. The van der Waals surface area contributed by atoms with E-state index in [0.717, 1.165) is 12.0 Å². The van der Waals surface area contributed by atoms with Crippen LogP contribution in [0.15, 0.2) is 47.3 Å². The van der Waals surface area contributed by atoms with Gasteiger partial charge in [-0.05, 0) is 49.2 Å². The molecule has 2 aromatic carbocycles. The Morgan fingerprint density at radius 3 is 2.78 bits per heavy atom. The molecule has 3 aromatic rings. The SMILES string of the molecule is CCc1cccc(NC(=O)N[C@@H](C)c2nc3cc(Cl)ccc3c(=O)n2C)c1. The zero-order valence-corrected chi connectivity index (χ0v) is 16.2. The van der Waals surface area contributed by atoms with E-state index < -0.39 is 6.04 Å². The minimum Gasteiger partial charge on any atom is -0.328 e. The van der Waals surface area contributed by atoms with E-state index in [-0.39, 0.29) is 11.6 Å². The van der Waals surface area contributed by atoms with Gasteiger partial charge in [0.25, 0.3) is 5.56 Å². The molecular weight excluding hydrogens is 364 g/mol. The number of carbonyl (C=O) groups is 1. The highest BCUT2D eigenvalue weighted by atomic mass is 35.5. The van der Waals surface area contributed by atoms with Crippen molar-refractivity contribution in [3.63, 3.8) is 0 Å². The Morgan fingerprint density at radius 2 is 2.04 bits per heavy atom. The van der Waals surface area contributed by atoms with Crippen LogP contribution < -0.4 is 16.2 Å². The van der Waals surface area contributed by atoms with Crippen molar-refractivity contribution in [1.82, 2.24) is 14.9 Å². The smallest absolute Gasteiger partial charge is 0.319 e. The number of amides is 2. The second-order valence-electron chi connectivity index (χ2n) is 6.37. The molecule has 6 nitrogen and oxygen atoms in total. The number of aryl methyl sites for hydroxylation is 1. The summed E-state index contributed by atoms with van der Waals surface area (Å²) in [4.78, 5) is 29.4. The van der Waals surface area contributed by atoms with Gasteiger partial charge in [0, 0.05) is 17.8 Å². The lowest BCUT2D eigenvalue weighted by Crippen LogP contribution is -2.35. The predicted octanol–water partition coefficient (Wildman–Crippen LogP) is 4.03. The lowest BCUT2D eigenvalue weighted by Gasteiger charge is -2.18. The first-order valence-corrected chi connectivity index (χ1v) is 9.09. The molecule has 0 spiro atoms. The van der Waals surface area contributed by atoms with Crippen LogP contribution in [0.3, 0.4) is 0 Å². The Bertz CT molecular complexity index is 1060. The first kappa shape index (κ1) is 18.9. The molecule has 0 aliphatic heterocycles. The number of urea groups is 1. The van der Waals surface area contributed by atoms with E-state index in [2.05, 4.69) is 22.5 Å². The zero-order chi connectivity index (χ0) is 19.6. The third-order valence-corrected chi connectivity index (χ3v) is 4.64. The monoisotopic (exact) mass is 384 g/mol. The van der Waals surface area contributed by atoms with Gasteiger partial charge in [0.05, 0.1) is 16.9 Å². The number of nitrogens with zero attached hydrogens (tertiary/aromatic N) is 2. The van der Waals surface area contributed by atoms with Crippen molar-refractivity contribution in [3.8, 4) is 0 Å². The summed E-state index contributed by atoms with van der Waals surface area (Å²) >= 11 is 6.01. The van der Waals surface area contributed by atoms with Crippen LogP contribution in [-0.2, 0) is 13.5 Å². The largest absolute Gasteiger partial charge is 0.328 e. The second-order valence-corrected chi connectivity index (χ2v) is 6.81. The van der Waals surface area contributed by atoms with Gasteiger partial charge in [-0.3, -0.25) is 9.36 Å². The Balaban J connectivity index is 1.83. The molecule has 27 heavy (non-hydrogen) atoms. The summed E-state index contributed by atoms with van der Waals surface area (Å²) in [5.41, 5.74) is 2.17. The third kappa shape index (κ3) is 4.11. The van der Waals surface area contributed by atoms with Gasteiger partial charge in [0.15, 0.2) is 0 Å². The van der Waals surface area contributed by atoms with E-state index in [1.807, 2.05) is 24.3 Å². The highest BCUT2D eigenvalue weighted by molar-refractivity contribution is 6.31. The van der Waals surface area contributed by atoms with Gasteiger partial charge in [-0.1, -0.05) is 30.7 Å². The average molecular weight is 385 g/mol. The van der Waals surface area contributed by atoms with E-state index in [0.29, 0.717) is 27.4 Å². The van der Waals surface area contributed by atoms with Gasteiger partial charge in [-0.2, -0.15) is 0 Å². The number of halogens is 1. The molecule has 3 rings (SSSR count). The van der Waals surface area contributed by atoms with Gasteiger partial charge in [-0.25, -0.2) is 9.78 Å². The normalized spacial score (nSPS) is 12.0. The van der Waals surface area contributed by atoms with Crippen molar-refractivity contribution in [2.45, 2.75) is 26.3 Å². The summed E-state index contributed by atoms with van der Waals surface area (Å²) in [6.07, 6.45) is 0.888. The minimum atomic E-state index is -0.472. The topological polar surface area (TPSA) is 76.0 Å². The van der Waals surface area contributed by atoms with E-state index >= 15 is 0 Å². The number of aromatic nitrogens is 2. The van der Waals surface area contributed by atoms with Crippen molar-refractivity contribution in [1.29, 1.82) is 0 Å². The molecule has 2 amide bonds. The Morgan fingerprint density at radius 1 is 1.26 bits per heavy atom. The molecule has 0 unspecified atom stereocenters. The van der Waals surface area contributed by atoms with Gasteiger partial charge < -0.3 is 10.6 Å². The summed E-state index contributed by atoms with van der Waals surface area (Å²) in [6.45, 7) is 3.83. The molecule has 0 aliphatic carbocycles. The third-order valence-electron chi connectivity index (χ3n) is 4.40. The number of benzene rings is 2. The molecule has 0 saturated carbocycles. The molecule has 0 aliphatic rings. The fraction of sp³-hybridized carbons (Fsp3) is 0.250. The fourth-order valence-electron chi connectivity index (χ4n) is 2.95. The lowest BCUT2D eigenvalue weighted by molar-refractivity contribution is 0.248. The van der Waals surface area contributed by atoms with Gasteiger partial charge in [-0.15, -0.1) is 0 Å². The maximum absolute atomic E-state index is 12.6. The van der Waals surface area contributed by atoms with Crippen molar-refractivity contribution in [2.75, 3.05) is 5.32 Å². The van der Waals surface area contributed by atoms with Crippen molar-refractivity contribution in [3.05, 3.63) is 69.2 Å². The molecule has 1 atom stereocenters. The number of hydrogen-bond acceptors (Lipinski definition) is 3. The van der Waals surface area contributed by atoms with Crippen molar-refractivity contribution < 1.29 is 4.79 Å². The summed E-state index contributed by atoms with van der Waals surface area (Å²) < 4.78 is 1.44. The molecular formula is C20H21ClN4O2. The number of nitrogens with one attached hydrogen (secondary N) is 2. The molecule has 2 N–H and O–H groups in total. The zero-order valence-electron chi connectivity index (χ0n) is 15.4. The molecule has 1 aromatic heterocycles. The molecule has 1 heterocycles. The molecule has 0 radical (unpaired) electrons. The standard InChI is InChI=1S/C20H21ClN4O2/c1-4-13-6-5-7-15(10-13)23-20(27)22-12(2)18-24-17-11-14(21)8-9-16(17)19(26)25(18)3/h5-12H,4H2,1-3H3,(H2,22,23,27)/t12-/m0/s1. The summed E-state index contributed by atoms with van der Waals surface area (Å²) in [6, 6.07) is 11.8. The van der Waals surface area contributed by atoms with Gasteiger partial charge in [0.1, 0.15) is 5.82 Å². The average Bonchev–Trinajstić information content (AvgIpc) is 2.64. The van der Waals surface area contributed by atoms with E-state index in [4.69, 9.17) is 11.6 Å². The van der Waals surface area contributed by atoms with Crippen LogP contribution in [0.2, 0.25) is 5.02 Å². The van der Waals surface area contributed by atoms with Crippen LogP contribution in [0.1, 0.15) is 31.3 Å². The first-order chi connectivity index (χ1) is 12.9. The Kier molecular flexibility index (Phi) is 5.46. The van der Waals surface area contributed by atoms with Crippen LogP contribution in [0, 0.1) is 0 Å². The molecule has 0 fully saturated rings. The molecule has 0 bridgehead atoms. The maximum atomic E-state index is 12.6. The number of fused-ring (bicyclic) bond motifs is 1. The lowest BCUT2D eigenvalue weighted by atomic mass is 10.1. The van der Waals surface area contributed by atoms with Crippen LogP contribution in [0.5, 0.6) is 0 Å². The Hall–Kier alpha value is -2.86. The maximum Gasteiger partial charge on any atom is 0.319 e. The summed E-state index contributed by atoms with van der Waals surface area (Å²) in [5, 5.41) is 6.62. The number of hydrogen-bond donors (Lipinski definition) is 2. The number of rotatable bonds is 4. The van der Waals surface area contributed by atoms with Crippen LogP contribution in [-0.4, -0.2) is 15.6 Å². The van der Waals surface area contributed by atoms with Gasteiger partial charge in [0.2, 0.25) is 0 Å². The van der Waals surface area contributed by atoms with Gasteiger partial charge >= 0.3 is 6.03 Å². The molecule has 7 heteroatoms. The highest BCUT2D eigenvalue weighted by Crippen LogP contribution is 2.18. The van der Waals surface area contributed by atoms with Crippen molar-refractivity contribution in [2.24, 2.45) is 7.05 Å². The number of carbonyl (C=O) groups excluding carboxylic acids is 1. The van der Waals surface area contributed by atoms with E-state index in [1.165, 1.54) is 4.57 Å². The summed E-state index contributed by atoms with van der Waals surface area (Å²) in [5.74, 6) is 0.451. The highest BCUT2D eigenvalue weighted by Gasteiger charge is 2.17. The Labute approximate surface area is 162 Å². The predicted molar refractivity (Wildman–Crippen MR) is 108 cm³/mol. The minimum absolute atomic E-state index is 0.184. The quantitative estimate of drug-likeness (QED) is 0.713. The van der Waals surface area contributed by atoms with Crippen molar-refractivity contribution >= 4 is 34.2 Å². The fourth-order valence-corrected chi connectivity index (χ4v) is 3.11. The van der Waals surface area contributed by atoms with E-state index in [9.17, 15) is 9.59 Å². The second kappa shape index (κ2) is 7.80. The van der Waals surface area contributed by atoms with Crippen LogP contribution in [0.25, 0.3) is 10.9 Å². The number of anilines is 1. The molecule has 0 saturated heterocycles. The van der Waals surface area contributed by atoms with Crippen LogP contribution in [0.4, 0.5) is 10.5 Å². The molecule has 140 valence electrons. The summed E-state index contributed by atoms with van der Waals surface area (Å²) in [7, 11) is 1.64. The van der Waals surface area contributed by atoms with Crippen LogP contribution >= 0.6 is 11.6 Å².